The predicted molar refractivity (Wildman–Crippen MR) is 72.6 cm³/mol. The molecule has 0 saturated heterocycles. The fraction of sp³-hybridized carbons (Fsp3) is 0.600. The van der Waals surface area contributed by atoms with Gasteiger partial charge in [0.15, 0.2) is 5.60 Å². The molecular weight excluding hydrogens is 292 g/mol. The van der Waals surface area contributed by atoms with E-state index in [0.717, 1.165) is 0 Å². The third kappa shape index (κ3) is 1.51. The van der Waals surface area contributed by atoms with Crippen molar-refractivity contribution in [2.24, 2.45) is 11.8 Å². The molecule has 7 nitrogen and oxygen atoms in total. The molecule has 0 unspecified atom stereocenters. The number of hydrogen-bond acceptors (Lipinski definition) is 7. The normalized spacial score (nSPS) is 37.5. The van der Waals surface area contributed by atoms with E-state index in [2.05, 4.69) is 0 Å². The molecule has 0 aromatic heterocycles. The molecule has 4 rings (SSSR count). The SMILES string of the molecule is COC(=O)C1=C[C@@]2(OC)C(=O)C(OC)(OC)[C@@H]1[C@H]1OC=C[C@H]12. The monoisotopic (exact) mass is 310 g/mol. The van der Waals surface area contributed by atoms with Gasteiger partial charge in [-0.3, -0.25) is 4.79 Å². The van der Waals surface area contributed by atoms with Gasteiger partial charge in [0.1, 0.15) is 6.10 Å². The van der Waals surface area contributed by atoms with Gasteiger partial charge < -0.3 is 23.7 Å². The summed E-state index contributed by atoms with van der Waals surface area (Å²) in [5.41, 5.74) is -1.13. The van der Waals surface area contributed by atoms with Gasteiger partial charge in [0.25, 0.3) is 0 Å². The van der Waals surface area contributed by atoms with Gasteiger partial charge in [0.2, 0.25) is 11.6 Å². The van der Waals surface area contributed by atoms with Gasteiger partial charge >= 0.3 is 5.97 Å². The molecule has 2 bridgehead atoms. The van der Waals surface area contributed by atoms with Crippen molar-refractivity contribution in [3.05, 3.63) is 24.0 Å². The quantitative estimate of drug-likeness (QED) is 0.542. The second-order valence-electron chi connectivity index (χ2n) is 5.43. The maximum Gasteiger partial charge on any atom is 0.334 e. The standard InChI is InChI=1S/C15H18O7/c1-18-12(16)8-7-14(19-2)9-5-6-22-11(9)10(8)15(20-3,21-4)13(14)17/h5-7,9-11H,1-4H3/t9-,10+,11+,14+/m1/s1. The Balaban J connectivity index is 2.26. The summed E-state index contributed by atoms with van der Waals surface area (Å²) in [6.07, 6.45) is 4.29. The largest absolute Gasteiger partial charge is 0.497 e. The van der Waals surface area contributed by atoms with Crippen LogP contribution in [0.2, 0.25) is 0 Å². The molecule has 0 amide bonds. The minimum absolute atomic E-state index is 0.262. The maximum absolute atomic E-state index is 13.1. The average Bonchev–Trinajstić information content (AvgIpc) is 3.05. The molecule has 0 spiro atoms. The summed E-state index contributed by atoms with van der Waals surface area (Å²) >= 11 is 0. The molecule has 1 heterocycles. The van der Waals surface area contributed by atoms with E-state index in [9.17, 15) is 9.59 Å². The van der Waals surface area contributed by atoms with Crippen molar-refractivity contribution in [2.45, 2.75) is 17.5 Å². The van der Waals surface area contributed by atoms with Crippen molar-refractivity contribution in [3.8, 4) is 0 Å². The van der Waals surface area contributed by atoms with Crippen LogP contribution >= 0.6 is 0 Å². The van der Waals surface area contributed by atoms with Crippen LogP contribution < -0.4 is 0 Å². The molecule has 120 valence electrons. The summed E-state index contributed by atoms with van der Waals surface area (Å²) in [7, 11) is 5.41. The van der Waals surface area contributed by atoms with Gasteiger partial charge in [-0.05, 0) is 12.2 Å². The second kappa shape index (κ2) is 4.91. The van der Waals surface area contributed by atoms with Crippen LogP contribution in [-0.2, 0) is 33.3 Å². The average molecular weight is 310 g/mol. The van der Waals surface area contributed by atoms with E-state index in [1.165, 1.54) is 40.8 Å². The predicted octanol–water partition coefficient (Wildman–Crippen LogP) is 0.201. The number of hydrogen-bond donors (Lipinski definition) is 0. The Bertz CT molecular complexity index is 574. The highest BCUT2D eigenvalue weighted by molar-refractivity contribution is 6.04. The lowest BCUT2D eigenvalue weighted by Gasteiger charge is -2.55. The van der Waals surface area contributed by atoms with Crippen LogP contribution in [0.3, 0.4) is 0 Å². The molecule has 0 aromatic rings. The van der Waals surface area contributed by atoms with Gasteiger partial charge in [-0.2, -0.15) is 0 Å². The van der Waals surface area contributed by atoms with Gasteiger partial charge in [-0.25, -0.2) is 4.79 Å². The zero-order chi connectivity index (χ0) is 16.1. The summed E-state index contributed by atoms with van der Waals surface area (Å²) in [6, 6.07) is 0. The molecule has 4 aliphatic rings. The van der Waals surface area contributed by atoms with Crippen molar-refractivity contribution in [1.29, 1.82) is 0 Å². The number of Topliss-reactive ketones (excluding diaryl/α,β-unsaturated/α-hetero) is 1. The van der Waals surface area contributed by atoms with E-state index in [-0.39, 0.29) is 17.3 Å². The molecule has 3 aliphatic carbocycles. The molecule has 1 fully saturated rings. The third-order valence-corrected chi connectivity index (χ3v) is 4.85. The molecular formula is C15H18O7. The highest BCUT2D eigenvalue weighted by Gasteiger charge is 2.73. The number of fused-ring (bicyclic) bond motifs is 1. The Kier molecular flexibility index (Phi) is 3.39. The van der Waals surface area contributed by atoms with E-state index >= 15 is 0 Å². The van der Waals surface area contributed by atoms with E-state index in [1.54, 1.807) is 6.08 Å². The number of carbonyl (C=O) groups excluding carboxylic acids is 2. The Hall–Kier alpha value is -1.70. The van der Waals surface area contributed by atoms with E-state index in [4.69, 9.17) is 23.7 Å². The summed E-state index contributed by atoms with van der Waals surface area (Å²) in [6.45, 7) is 0. The minimum Gasteiger partial charge on any atom is -0.497 e. The summed E-state index contributed by atoms with van der Waals surface area (Å²) in [5.74, 6) is -3.68. The van der Waals surface area contributed by atoms with E-state index < -0.39 is 29.4 Å². The lowest BCUT2D eigenvalue weighted by atomic mass is 9.57. The van der Waals surface area contributed by atoms with Crippen molar-refractivity contribution < 1.29 is 33.3 Å². The Morgan fingerprint density at radius 1 is 1.18 bits per heavy atom. The number of ether oxygens (including phenoxy) is 5. The van der Waals surface area contributed by atoms with Crippen LogP contribution in [0, 0.1) is 11.8 Å². The molecule has 0 N–H and O–H groups in total. The third-order valence-electron chi connectivity index (χ3n) is 4.85. The molecule has 7 heteroatoms. The van der Waals surface area contributed by atoms with Gasteiger partial charge in [-0.15, -0.1) is 0 Å². The highest BCUT2D eigenvalue weighted by atomic mass is 16.7. The van der Waals surface area contributed by atoms with Crippen molar-refractivity contribution >= 4 is 11.8 Å². The Labute approximate surface area is 127 Å². The number of esters is 1. The van der Waals surface area contributed by atoms with Crippen LogP contribution in [0.15, 0.2) is 24.0 Å². The smallest absolute Gasteiger partial charge is 0.334 e. The molecule has 22 heavy (non-hydrogen) atoms. The Morgan fingerprint density at radius 2 is 1.86 bits per heavy atom. The first-order valence-corrected chi connectivity index (χ1v) is 6.86. The maximum atomic E-state index is 13.1. The molecule has 4 atom stereocenters. The van der Waals surface area contributed by atoms with E-state index in [0.29, 0.717) is 0 Å². The summed E-state index contributed by atoms with van der Waals surface area (Å²) in [4.78, 5) is 25.2. The number of ketones is 1. The minimum atomic E-state index is -1.65. The fourth-order valence-corrected chi connectivity index (χ4v) is 3.85. The summed E-state index contributed by atoms with van der Waals surface area (Å²) < 4.78 is 26.9. The topological polar surface area (TPSA) is 80.3 Å². The van der Waals surface area contributed by atoms with Crippen LogP contribution in [0.1, 0.15) is 0 Å². The van der Waals surface area contributed by atoms with Crippen molar-refractivity contribution in [2.75, 3.05) is 28.4 Å². The first kappa shape index (κ1) is 15.2. The van der Waals surface area contributed by atoms with Gasteiger partial charge in [0, 0.05) is 26.9 Å². The zero-order valence-corrected chi connectivity index (χ0v) is 12.8. The van der Waals surface area contributed by atoms with Crippen molar-refractivity contribution in [3.63, 3.8) is 0 Å². The lowest BCUT2D eigenvalue weighted by Crippen LogP contribution is -2.73. The van der Waals surface area contributed by atoms with Crippen molar-refractivity contribution in [1.82, 2.24) is 0 Å². The Morgan fingerprint density at radius 3 is 2.41 bits per heavy atom. The molecule has 1 saturated carbocycles. The zero-order valence-electron chi connectivity index (χ0n) is 12.8. The van der Waals surface area contributed by atoms with Crippen LogP contribution in [-0.4, -0.2) is 57.7 Å². The first-order valence-electron chi connectivity index (χ1n) is 6.86. The van der Waals surface area contributed by atoms with Gasteiger partial charge in [-0.1, -0.05) is 0 Å². The highest BCUT2D eigenvalue weighted by Crippen LogP contribution is 2.56. The van der Waals surface area contributed by atoms with Crippen LogP contribution in [0.4, 0.5) is 0 Å². The first-order chi connectivity index (χ1) is 10.5. The number of methoxy groups -OCH3 is 4. The van der Waals surface area contributed by atoms with Crippen LogP contribution in [0.5, 0.6) is 0 Å². The number of rotatable bonds is 4. The summed E-state index contributed by atoms with van der Waals surface area (Å²) in [5, 5.41) is 0. The molecule has 0 aromatic carbocycles. The molecule has 1 aliphatic heterocycles. The fourth-order valence-electron chi connectivity index (χ4n) is 3.85. The van der Waals surface area contributed by atoms with Crippen LogP contribution in [0.25, 0.3) is 0 Å². The second-order valence-corrected chi connectivity index (χ2v) is 5.43. The van der Waals surface area contributed by atoms with E-state index in [1.807, 2.05) is 0 Å². The number of carbonyl (C=O) groups is 2. The van der Waals surface area contributed by atoms with Gasteiger partial charge in [0.05, 0.1) is 25.2 Å². The molecule has 0 radical (unpaired) electrons. The lowest BCUT2D eigenvalue weighted by molar-refractivity contribution is -0.273.